The molecule has 3 rings (SSSR count). The van der Waals surface area contributed by atoms with Crippen LogP contribution in [0.25, 0.3) is 20.9 Å². The van der Waals surface area contributed by atoms with E-state index < -0.39 is 0 Å². The summed E-state index contributed by atoms with van der Waals surface area (Å²) in [5.74, 6) is 0. The van der Waals surface area contributed by atoms with Gasteiger partial charge in [-0.25, -0.2) is 9.97 Å². The van der Waals surface area contributed by atoms with Gasteiger partial charge in [0.15, 0.2) is 0 Å². The van der Waals surface area contributed by atoms with Crippen LogP contribution in [0.1, 0.15) is 5.01 Å². The molecule has 3 aromatic heterocycles. The van der Waals surface area contributed by atoms with E-state index in [4.69, 9.17) is 5.73 Å². The van der Waals surface area contributed by atoms with Crippen LogP contribution in [-0.2, 0) is 6.54 Å². The van der Waals surface area contributed by atoms with Gasteiger partial charge in [-0.2, -0.15) is 0 Å². The van der Waals surface area contributed by atoms with Crippen molar-refractivity contribution in [2.75, 3.05) is 0 Å². The lowest BCUT2D eigenvalue weighted by Crippen LogP contribution is -1.94. The highest BCUT2D eigenvalue weighted by atomic mass is 32.1. The van der Waals surface area contributed by atoms with Crippen LogP contribution in [0.3, 0.4) is 0 Å². The molecule has 0 atom stereocenters. The standard InChI is InChI=1S/C10H8N4S2/c11-3-9-13-7(5-15-9)10-14-6-4-12-2-1-8(6)16-10/h1-2,4-5H,3,11H2. The highest BCUT2D eigenvalue weighted by Crippen LogP contribution is 2.30. The summed E-state index contributed by atoms with van der Waals surface area (Å²) < 4.78 is 1.13. The molecule has 4 nitrogen and oxygen atoms in total. The summed E-state index contributed by atoms with van der Waals surface area (Å²) in [6.45, 7) is 0.483. The van der Waals surface area contributed by atoms with E-state index in [9.17, 15) is 0 Å². The van der Waals surface area contributed by atoms with Crippen molar-refractivity contribution in [3.8, 4) is 10.7 Å². The zero-order chi connectivity index (χ0) is 11.0. The van der Waals surface area contributed by atoms with Gasteiger partial charge in [0.1, 0.15) is 21.2 Å². The van der Waals surface area contributed by atoms with E-state index in [-0.39, 0.29) is 0 Å². The third kappa shape index (κ3) is 1.60. The second-order valence-electron chi connectivity index (χ2n) is 3.19. The van der Waals surface area contributed by atoms with Crippen molar-refractivity contribution in [3.63, 3.8) is 0 Å². The van der Waals surface area contributed by atoms with Gasteiger partial charge in [-0.05, 0) is 6.07 Å². The molecule has 0 radical (unpaired) electrons. The molecule has 3 heterocycles. The summed E-state index contributed by atoms with van der Waals surface area (Å²) >= 11 is 3.20. The highest BCUT2D eigenvalue weighted by Gasteiger charge is 2.09. The number of pyridine rings is 1. The minimum absolute atomic E-state index is 0.483. The van der Waals surface area contributed by atoms with Gasteiger partial charge in [0, 0.05) is 18.1 Å². The van der Waals surface area contributed by atoms with Gasteiger partial charge >= 0.3 is 0 Å². The fourth-order valence-electron chi connectivity index (χ4n) is 1.39. The van der Waals surface area contributed by atoms with Crippen LogP contribution < -0.4 is 5.73 Å². The zero-order valence-corrected chi connectivity index (χ0v) is 9.88. The average molecular weight is 248 g/mol. The number of nitrogens with two attached hydrogens (primary N) is 1. The van der Waals surface area contributed by atoms with Crippen molar-refractivity contribution in [2.24, 2.45) is 5.73 Å². The molecule has 0 aliphatic carbocycles. The normalized spacial score (nSPS) is 11.1. The van der Waals surface area contributed by atoms with E-state index >= 15 is 0 Å². The predicted molar refractivity (Wildman–Crippen MR) is 66.4 cm³/mol. The third-order valence-corrected chi connectivity index (χ3v) is 4.07. The monoisotopic (exact) mass is 248 g/mol. The summed E-state index contributed by atoms with van der Waals surface area (Å²) in [5.41, 5.74) is 7.37. The number of thiazole rings is 2. The van der Waals surface area contributed by atoms with E-state index in [1.165, 1.54) is 0 Å². The van der Waals surface area contributed by atoms with Crippen molar-refractivity contribution in [2.45, 2.75) is 6.54 Å². The van der Waals surface area contributed by atoms with E-state index in [2.05, 4.69) is 15.0 Å². The van der Waals surface area contributed by atoms with E-state index in [1.807, 2.05) is 11.4 Å². The van der Waals surface area contributed by atoms with Gasteiger partial charge in [-0.3, -0.25) is 4.98 Å². The van der Waals surface area contributed by atoms with Gasteiger partial charge in [0.05, 0.1) is 10.9 Å². The fraction of sp³-hybridized carbons (Fsp3) is 0.100. The molecule has 0 spiro atoms. The Kier molecular flexibility index (Phi) is 2.39. The first-order valence-electron chi connectivity index (χ1n) is 4.72. The maximum absolute atomic E-state index is 5.54. The van der Waals surface area contributed by atoms with Crippen LogP contribution in [0.15, 0.2) is 23.8 Å². The molecular formula is C10H8N4S2. The van der Waals surface area contributed by atoms with Crippen LogP contribution in [0.5, 0.6) is 0 Å². The molecule has 0 aliphatic rings. The Morgan fingerprint density at radius 2 is 2.25 bits per heavy atom. The van der Waals surface area contributed by atoms with E-state index in [0.717, 1.165) is 25.9 Å². The number of hydrogen-bond acceptors (Lipinski definition) is 6. The molecule has 80 valence electrons. The van der Waals surface area contributed by atoms with Crippen LogP contribution in [0.2, 0.25) is 0 Å². The Hall–Kier alpha value is -1.37. The molecule has 0 saturated heterocycles. The quantitative estimate of drug-likeness (QED) is 0.755. The first-order valence-corrected chi connectivity index (χ1v) is 6.42. The van der Waals surface area contributed by atoms with Gasteiger partial charge in [0.25, 0.3) is 0 Å². The van der Waals surface area contributed by atoms with E-state index in [0.29, 0.717) is 6.54 Å². The molecule has 6 heteroatoms. The third-order valence-electron chi connectivity index (χ3n) is 2.14. The summed E-state index contributed by atoms with van der Waals surface area (Å²) in [7, 11) is 0. The van der Waals surface area contributed by atoms with Crippen molar-refractivity contribution in [1.29, 1.82) is 0 Å². The average Bonchev–Trinajstić information content (AvgIpc) is 2.95. The van der Waals surface area contributed by atoms with Crippen molar-refractivity contribution in [1.82, 2.24) is 15.0 Å². The minimum atomic E-state index is 0.483. The number of hydrogen-bond donors (Lipinski definition) is 1. The largest absolute Gasteiger partial charge is 0.325 e. The second-order valence-corrected chi connectivity index (χ2v) is 5.17. The lowest BCUT2D eigenvalue weighted by atomic mass is 10.4. The molecule has 0 amide bonds. The number of rotatable bonds is 2. The summed E-state index contributed by atoms with van der Waals surface area (Å²) in [4.78, 5) is 13.0. The smallest absolute Gasteiger partial charge is 0.144 e. The molecular weight excluding hydrogens is 240 g/mol. The van der Waals surface area contributed by atoms with Gasteiger partial charge < -0.3 is 5.73 Å². The van der Waals surface area contributed by atoms with Gasteiger partial charge in [-0.15, -0.1) is 22.7 Å². The zero-order valence-electron chi connectivity index (χ0n) is 8.25. The maximum atomic E-state index is 5.54. The van der Waals surface area contributed by atoms with Crippen LogP contribution in [-0.4, -0.2) is 15.0 Å². The van der Waals surface area contributed by atoms with Crippen molar-refractivity contribution < 1.29 is 0 Å². The summed E-state index contributed by atoms with van der Waals surface area (Å²) in [6.07, 6.45) is 3.54. The molecule has 2 N–H and O–H groups in total. The Balaban J connectivity index is 2.11. The Bertz CT molecular complexity index is 595. The lowest BCUT2D eigenvalue weighted by molar-refractivity contribution is 1.04. The van der Waals surface area contributed by atoms with Gasteiger partial charge in [0.2, 0.25) is 0 Å². The van der Waals surface area contributed by atoms with E-state index in [1.54, 1.807) is 35.1 Å². The first kappa shape index (κ1) is 9.83. The minimum Gasteiger partial charge on any atom is -0.325 e. The second kappa shape index (κ2) is 3.89. The number of aromatic nitrogens is 3. The molecule has 0 aromatic carbocycles. The molecule has 0 fully saturated rings. The van der Waals surface area contributed by atoms with Crippen LogP contribution >= 0.6 is 22.7 Å². The molecule has 16 heavy (non-hydrogen) atoms. The lowest BCUT2D eigenvalue weighted by Gasteiger charge is -1.86. The number of nitrogens with zero attached hydrogens (tertiary/aromatic N) is 3. The van der Waals surface area contributed by atoms with Crippen molar-refractivity contribution in [3.05, 3.63) is 28.8 Å². The molecule has 0 saturated carbocycles. The SMILES string of the molecule is NCc1nc(-c2nc3cnccc3s2)cs1. The van der Waals surface area contributed by atoms with Crippen molar-refractivity contribution >= 4 is 32.9 Å². The Morgan fingerprint density at radius 3 is 3.00 bits per heavy atom. The molecule has 0 bridgehead atoms. The van der Waals surface area contributed by atoms with Crippen LogP contribution in [0, 0.1) is 0 Å². The summed E-state index contributed by atoms with van der Waals surface area (Å²) in [5, 5.41) is 3.86. The van der Waals surface area contributed by atoms with Crippen LogP contribution in [0.4, 0.5) is 0 Å². The Morgan fingerprint density at radius 1 is 1.31 bits per heavy atom. The fourth-order valence-corrected chi connectivity index (χ4v) is 3.02. The maximum Gasteiger partial charge on any atom is 0.144 e. The Labute approximate surface area is 99.8 Å². The molecule has 0 aliphatic heterocycles. The molecule has 0 unspecified atom stereocenters. The molecule has 3 aromatic rings. The summed E-state index contributed by atoms with van der Waals surface area (Å²) in [6, 6.07) is 1.96. The topological polar surface area (TPSA) is 64.7 Å². The predicted octanol–water partition coefficient (Wildman–Crippen LogP) is 2.27. The number of fused-ring (bicyclic) bond motifs is 1. The van der Waals surface area contributed by atoms with Gasteiger partial charge in [-0.1, -0.05) is 0 Å². The highest BCUT2D eigenvalue weighted by molar-refractivity contribution is 7.21. The first-order chi connectivity index (χ1) is 7.86.